The van der Waals surface area contributed by atoms with Crippen LogP contribution in [0, 0.1) is 6.92 Å². The minimum atomic E-state index is -0.111. The fraction of sp³-hybridized carbons (Fsp3) is 0.500. The molecular weight excluding hydrogens is 214 g/mol. The Morgan fingerprint density at radius 2 is 2.33 bits per heavy atom. The van der Waals surface area contributed by atoms with Crippen molar-refractivity contribution >= 4 is 17.2 Å². The monoisotopic (exact) mass is 229 g/mol. The molecule has 0 bridgehead atoms. The SMILES string of the molecule is Cc1occc1C(=O)SOCCN(C)C. The second-order valence-corrected chi connectivity index (χ2v) is 4.16. The molecule has 15 heavy (non-hydrogen) atoms. The summed E-state index contributed by atoms with van der Waals surface area (Å²) >= 11 is 0.865. The highest BCUT2D eigenvalue weighted by atomic mass is 32.2. The zero-order chi connectivity index (χ0) is 11.3. The second-order valence-electron chi connectivity index (χ2n) is 3.39. The molecule has 4 nitrogen and oxygen atoms in total. The summed E-state index contributed by atoms with van der Waals surface area (Å²) in [4.78, 5) is 13.5. The quantitative estimate of drug-likeness (QED) is 0.570. The lowest BCUT2D eigenvalue weighted by molar-refractivity contribution is 0.107. The molecule has 1 aromatic rings. The highest BCUT2D eigenvalue weighted by Gasteiger charge is 2.12. The standard InChI is InChI=1S/C10H15NO3S/c1-8-9(4-6-13-8)10(12)15-14-7-5-11(2)3/h4,6H,5,7H2,1-3H3. The van der Waals surface area contributed by atoms with Gasteiger partial charge in [-0.1, -0.05) is 0 Å². The minimum absolute atomic E-state index is 0.111. The van der Waals surface area contributed by atoms with Crippen LogP contribution in [0.4, 0.5) is 0 Å². The predicted octanol–water partition coefficient (Wildman–Crippen LogP) is 1.95. The van der Waals surface area contributed by atoms with E-state index in [9.17, 15) is 4.79 Å². The van der Waals surface area contributed by atoms with E-state index in [0.717, 1.165) is 18.6 Å². The van der Waals surface area contributed by atoms with Crippen LogP contribution < -0.4 is 0 Å². The van der Waals surface area contributed by atoms with Crippen LogP contribution in [0.2, 0.25) is 0 Å². The molecule has 0 aliphatic rings. The Morgan fingerprint density at radius 3 is 2.87 bits per heavy atom. The van der Waals surface area contributed by atoms with Crippen LogP contribution in [-0.4, -0.2) is 37.3 Å². The van der Waals surface area contributed by atoms with Crippen molar-refractivity contribution < 1.29 is 13.4 Å². The Balaban J connectivity index is 2.28. The van der Waals surface area contributed by atoms with E-state index in [1.165, 1.54) is 6.26 Å². The summed E-state index contributed by atoms with van der Waals surface area (Å²) in [5.74, 6) is 0.628. The molecule has 0 radical (unpaired) electrons. The number of furan rings is 1. The minimum Gasteiger partial charge on any atom is -0.469 e. The summed E-state index contributed by atoms with van der Waals surface area (Å²) < 4.78 is 10.2. The van der Waals surface area contributed by atoms with Gasteiger partial charge in [0.05, 0.1) is 30.5 Å². The van der Waals surface area contributed by atoms with Gasteiger partial charge in [0, 0.05) is 6.54 Å². The molecule has 0 saturated carbocycles. The molecule has 0 atom stereocenters. The molecule has 1 heterocycles. The number of hydrogen-bond donors (Lipinski definition) is 0. The first-order chi connectivity index (χ1) is 7.11. The van der Waals surface area contributed by atoms with Crippen LogP contribution >= 0.6 is 12.0 Å². The third-order valence-corrected chi connectivity index (χ3v) is 2.49. The average Bonchev–Trinajstić information content (AvgIpc) is 2.58. The van der Waals surface area contributed by atoms with Gasteiger partial charge < -0.3 is 13.5 Å². The van der Waals surface area contributed by atoms with Crippen molar-refractivity contribution in [1.29, 1.82) is 0 Å². The first-order valence-electron chi connectivity index (χ1n) is 4.64. The van der Waals surface area contributed by atoms with Gasteiger partial charge in [-0.05, 0) is 27.1 Å². The molecule has 0 spiro atoms. The van der Waals surface area contributed by atoms with E-state index in [-0.39, 0.29) is 5.12 Å². The Kier molecular flexibility index (Phi) is 4.87. The Labute approximate surface area is 93.8 Å². The number of carbonyl (C=O) groups excluding carboxylic acids is 1. The number of aryl methyl sites for hydroxylation is 1. The first kappa shape index (κ1) is 12.3. The number of likely N-dealkylation sites (N-methyl/N-ethyl adjacent to an activating group) is 1. The van der Waals surface area contributed by atoms with Crippen LogP contribution in [0.1, 0.15) is 16.1 Å². The molecule has 1 rings (SSSR count). The van der Waals surface area contributed by atoms with E-state index in [1.807, 2.05) is 19.0 Å². The molecule has 5 heteroatoms. The largest absolute Gasteiger partial charge is 0.469 e. The van der Waals surface area contributed by atoms with Gasteiger partial charge in [0.2, 0.25) is 5.12 Å². The van der Waals surface area contributed by atoms with Gasteiger partial charge in [0.15, 0.2) is 0 Å². The van der Waals surface area contributed by atoms with Crippen molar-refractivity contribution in [2.75, 3.05) is 27.2 Å². The van der Waals surface area contributed by atoms with Crippen molar-refractivity contribution in [3.8, 4) is 0 Å². The van der Waals surface area contributed by atoms with E-state index in [1.54, 1.807) is 13.0 Å². The maximum absolute atomic E-state index is 11.5. The topological polar surface area (TPSA) is 42.7 Å². The van der Waals surface area contributed by atoms with Crippen molar-refractivity contribution in [3.05, 3.63) is 23.7 Å². The van der Waals surface area contributed by atoms with E-state index in [4.69, 9.17) is 8.60 Å². The maximum atomic E-state index is 11.5. The molecule has 0 amide bonds. The molecule has 0 N–H and O–H groups in total. The molecule has 84 valence electrons. The van der Waals surface area contributed by atoms with Gasteiger partial charge >= 0.3 is 0 Å². The summed E-state index contributed by atoms with van der Waals surface area (Å²) in [6.07, 6.45) is 1.50. The van der Waals surface area contributed by atoms with Crippen molar-refractivity contribution in [2.45, 2.75) is 6.92 Å². The van der Waals surface area contributed by atoms with Gasteiger partial charge in [-0.2, -0.15) is 0 Å². The molecule has 0 aromatic carbocycles. The van der Waals surface area contributed by atoms with Crippen LogP contribution in [0.15, 0.2) is 16.7 Å². The average molecular weight is 229 g/mol. The predicted molar refractivity (Wildman–Crippen MR) is 59.9 cm³/mol. The van der Waals surface area contributed by atoms with Gasteiger partial charge in [-0.25, -0.2) is 0 Å². The molecule has 0 fully saturated rings. The van der Waals surface area contributed by atoms with E-state index >= 15 is 0 Å². The lowest BCUT2D eigenvalue weighted by Gasteiger charge is -2.07. The Bertz CT molecular complexity index is 322. The Hall–Kier alpha value is -0.780. The van der Waals surface area contributed by atoms with Gasteiger partial charge in [-0.3, -0.25) is 4.79 Å². The molecule has 1 aromatic heterocycles. The summed E-state index contributed by atoms with van der Waals surface area (Å²) in [6, 6.07) is 1.65. The molecule has 0 aliphatic heterocycles. The lowest BCUT2D eigenvalue weighted by atomic mass is 10.3. The molecule has 0 unspecified atom stereocenters. The summed E-state index contributed by atoms with van der Waals surface area (Å²) in [6.45, 7) is 3.08. The third kappa shape index (κ3) is 4.07. The second kappa shape index (κ2) is 5.95. The van der Waals surface area contributed by atoms with E-state index in [2.05, 4.69) is 0 Å². The van der Waals surface area contributed by atoms with Gasteiger partial charge in [0.1, 0.15) is 5.76 Å². The van der Waals surface area contributed by atoms with Crippen molar-refractivity contribution in [1.82, 2.24) is 4.90 Å². The summed E-state index contributed by atoms with van der Waals surface area (Å²) in [7, 11) is 3.91. The van der Waals surface area contributed by atoms with Gasteiger partial charge in [0.25, 0.3) is 0 Å². The maximum Gasteiger partial charge on any atom is 0.249 e. The smallest absolute Gasteiger partial charge is 0.249 e. The highest BCUT2D eigenvalue weighted by molar-refractivity contribution is 8.10. The molecule has 0 saturated heterocycles. The number of rotatable bonds is 5. The van der Waals surface area contributed by atoms with Gasteiger partial charge in [-0.15, -0.1) is 0 Å². The fourth-order valence-corrected chi connectivity index (χ4v) is 1.52. The third-order valence-electron chi connectivity index (χ3n) is 1.84. The first-order valence-corrected chi connectivity index (χ1v) is 5.38. The van der Waals surface area contributed by atoms with Crippen LogP contribution in [0.3, 0.4) is 0 Å². The molecular formula is C10H15NO3S. The highest BCUT2D eigenvalue weighted by Crippen LogP contribution is 2.17. The van der Waals surface area contributed by atoms with Crippen molar-refractivity contribution in [3.63, 3.8) is 0 Å². The van der Waals surface area contributed by atoms with Crippen molar-refractivity contribution in [2.24, 2.45) is 0 Å². The number of hydrogen-bond acceptors (Lipinski definition) is 5. The van der Waals surface area contributed by atoms with E-state index in [0.29, 0.717) is 17.9 Å². The summed E-state index contributed by atoms with van der Waals surface area (Å²) in [5.41, 5.74) is 0.574. The lowest BCUT2D eigenvalue weighted by Crippen LogP contribution is -2.17. The number of carbonyl (C=O) groups is 1. The zero-order valence-corrected chi connectivity index (χ0v) is 9.97. The number of nitrogens with zero attached hydrogens (tertiary/aromatic N) is 1. The van der Waals surface area contributed by atoms with Crippen LogP contribution in [0.25, 0.3) is 0 Å². The Morgan fingerprint density at radius 1 is 1.60 bits per heavy atom. The van der Waals surface area contributed by atoms with E-state index < -0.39 is 0 Å². The van der Waals surface area contributed by atoms with Crippen LogP contribution in [0.5, 0.6) is 0 Å². The zero-order valence-electron chi connectivity index (χ0n) is 9.15. The normalized spacial score (nSPS) is 10.9. The van der Waals surface area contributed by atoms with Crippen LogP contribution in [-0.2, 0) is 4.18 Å². The molecule has 0 aliphatic carbocycles. The summed E-state index contributed by atoms with van der Waals surface area (Å²) in [5, 5.41) is -0.111. The fourth-order valence-electron chi connectivity index (χ4n) is 0.957.